The fourth-order valence-corrected chi connectivity index (χ4v) is 2.82. The van der Waals surface area contributed by atoms with Crippen LogP contribution < -0.4 is 10.6 Å². The summed E-state index contributed by atoms with van der Waals surface area (Å²) in [5.41, 5.74) is 1.66. The minimum Gasteiger partial charge on any atom is -0.443 e. The van der Waals surface area contributed by atoms with Gasteiger partial charge < -0.3 is 15.1 Å². The molecule has 8 heteroatoms. The number of fused-ring (bicyclic) bond motifs is 1. The van der Waals surface area contributed by atoms with Crippen molar-refractivity contribution in [2.75, 3.05) is 10.6 Å². The van der Waals surface area contributed by atoms with Crippen molar-refractivity contribution in [1.29, 1.82) is 0 Å². The molecule has 0 bridgehead atoms. The van der Waals surface area contributed by atoms with Crippen molar-refractivity contribution in [3.8, 4) is 0 Å². The number of halogens is 2. The van der Waals surface area contributed by atoms with Gasteiger partial charge in [0.25, 0.3) is 0 Å². The van der Waals surface area contributed by atoms with Gasteiger partial charge in [0.15, 0.2) is 17.8 Å². The van der Waals surface area contributed by atoms with Crippen LogP contribution in [0.5, 0.6) is 0 Å². The van der Waals surface area contributed by atoms with E-state index in [-0.39, 0.29) is 22.5 Å². The van der Waals surface area contributed by atoms with Crippen LogP contribution in [0.25, 0.3) is 11.1 Å². The molecule has 0 aliphatic carbocycles. The smallest absolute Gasteiger partial charge is 0.323 e. The van der Waals surface area contributed by atoms with Gasteiger partial charge in [-0.05, 0) is 54.6 Å². The van der Waals surface area contributed by atoms with Gasteiger partial charge in [0.05, 0.1) is 0 Å². The molecule has 0 saturated heterocycles. The zero-order valence-corrected chi connectivity index (χ0v) is 14.8. The van der Waals surface area contributed by atoms with E-state index in [4.69, 9.17) is 4.42 Å². The minimum absolute atomic E-state index is 0.0462. The number of amides is 2. The highest BCUT2D eigenvalue weighted by atomic mass is 19.1. The van der Waals surface area contributed by atoms with Crippen molar-refractivity contribution < 1.29 is 22.8 Å². The van der Waals surface area contributed by atoms with E-state index in [1.807, 2.05) is 0 Å². The minimum atomic E-state index is -0.706. The maximum absolute atomic E-state index is 14.0. The Bertz CT molecular complexity index is 1240. The molecule has 2 N–H and O–H groups in total. The molecule has 4 rings (SSSR count). The van der Waals surface area contributed by atoms with E-state index in [1.54, 1.807) is 12.1 Å². The van der Waals surface area contributed by atoms with Crippen molar-refractivity contribution in [3.63, 3.8) is 0 Å². The number of urea groups is 1. The first-order chi connectivity index (χ1) is 14.0. The van der Waals surface area contributed by atoms with Gasteiger partial charge in [-0.1, -0.05) is 6.07 Å². The van der Waals surface area contributed by atoms with Crippen LogP contribution in [0.1, 0.15) is 15.9 Å². The summed E-state index contributed by atoms with van der Waals surface area (Å²) in [7, 11) is 0. The molecule has 0 fully saturated rings. The summed E-state index contributed by atoms with van der Waals surface area (Å²) in [5.74, 6) is -1.65. The highest BCUT2D eigenvalue weighted by Gasteiger charge is 2.14. The van der Waals surface area contributed by atoms with Crippen molar-refractivity contribution in [2.24, 2.45) is 0 Å². The van der Waals surface area contributed by atoms with E-state index in [0.717, 1.165) is 18.2 Å². The lowest BCUT2D eigenvalue weighted by molar-refractivity contribution is 0.103. The van der Waals surface area contributed by atoms with Crippen LogP contribution in [-0.4, -0.2) is 16.8 Å². The van der Waals surface area contributed by atoms with Gasteiger partial charge in [0.1, 0.15) is 17.2 Å². The van der Waals surface area contributed by atoms with Gasteiger partial charge in [-0.15, -0.1) is 0 Å². The number of hydrogen-bond donors (Lipinski definition) is 2. The molecule has 0 spiro atoms. The second-order valence-corrected chi connectivity index (χ2v) is 6.18. The first-order valence-electron chi connectivity index (χ1n) is 8.50. The molecule has 0 saturated carbocycles. The Morgan fingerprint density at radius 3 is 2.45 bits per heavy atom. The molecule has 2 amide bonds. The van der Waals surface area contributed by atoms with Crippen molar-refractivity contribution in [2.45, 2.75) is 0 Å². The molecule has 0 unspecified atom stereocenters. The molecule has 29 heavy (non-hydrogen) atoms. The van der Waals surface area contributed by atoms with E-state index in [9.17, 15) is 18.4 Å². The van der Waals surface area contributed by atoms with E-state index >= 15 is 0 Å². The Balaban J connectivity index is 1.55. The molecule has 4 aromatic rings. The summed E-state index contributed by atoms with van der Waals surface area (Å²) in [4.78, 5) is 28.8. The average Bonchev–Trinajstić information content (AvgIpc) is 3.14. The molecule has 144 valence electrons. The lowest BCUT2D eigenvalue weighted by Gasteiger charge is -2.09. The normalized spacial score (nSPS) is 10.7. The highest BCUT2D eigenvalue weighted by molar-refractivity contribution is 6.11. The Labute approximate surface area is 163 Å². The zero-order chi connectivity index (χ0) is 20.4. The molecule has 6 nitrogen and oxygen atoms in total. The fourth-order valence-electron chi connectivity index (χ4n) is 2.82. The molecule has 0 aliphatic heterocycles. The van der Waals surface area contributed by atoms with E-state index in [2.05, 4.69) is 15.6 Å². The highest BCUT2D eigenvalue weighted by Crippen LogP contribution is 2.21. The standard InChI is InChI=1S/C21H13F2N3O3/c22-14-2-1-3-16(9-14)25-21(28)26-17-7-13(6-15(23)10-17)20(27)12-4-5-18-19(8-12)29-11-24-18/h1-11H,(H2,25,26,28). The predicted octanol–water partition coefficient (Wildman–Crippen LogP) is 4.98. The van der Waals surface area contributed by atoms with Gasteiger partial charge >= 0.3 is 6.03 Å². The Kier molecular flexibility index (Phi) is 4.74. The summed E-state index contributed by atoms with van der Waals surface area (Å²) in [5, 5.41) is 4.86. The number of rotatable bonds is 4. The molecule has 0 radical (unpaired) electrons. The number of ketones is 1. The Morgan fingerprint density at radius 1 is 0.828 bits per heavy atom. The van der Waals surface area contributed by atoms with Crippen LogP contribution in [0.2, 0.25) is 0 Å². The number of carbonyl (C=O) groups is 2. The van der Waals surface area contributed by atoms with Crippen LogP contribution >= 0.6 is 0 Å². The first kappa shape index (κ1) is 18.3. The van der Waals surface area contributed by atoms with E-state index in [1.165, 1.54) is 36.7 Å². The number of hydrogen-bond acceptors (Lipinski definition) is 4. The number of nitrogens with zero attached hydrogens (tertiary/aromatic N) is 1. The van der Waals surface area contributed by atoms with Crippen LogP contribution in [0.3, 0.4) is 0 Å². The molecule has 1 heterocycles. The zero-order valence-electron chi connectivity index (χ0n) is 14.8. The number of aromatic nitrogens is 1. The molecule has 0 aliphatic rings. The van der Waals surface area contributed by atoms with Crippen LogP contribution in [-0.2, 0) is 0 Å². The monoisotopic (exact) mass is 393 g/mol. The van der Waals surface area contributed by atoms with Crippen molar-refractivity contribution >= 4 is 34.3 Å². The summed E-state index contributed by atoms with van der Waals surface area (Å²) in [6.07, 6.45) is 1.26. The second kappa shape index (κ2) is 7.51. The second-order valence-electron chi connectivity index (χ2n) is 6.18. The largest absolute Gasteiger partial charge is 0.443 e. The quantitative estimate of drug-likeness (QED) is 0.479. The Morgan fingerprint density at radius 2 is 1.62 bits per heavy atom. The van der Waals surface area contributed by atoms with Crippen LogP contribution in [0.4, 0.5) is 25.0 Å². The fraction of sp³-hybridized carbons (Fsp3) is 0. The molecule has 3 aromatic carbocycles. The maximum atomic E-state index is 14.0. The third-order valence-corrected chi connectivity index (χ3v) is 4.09. The third kappa shape index (κ3) is 4.11. The maximum Gasteiger partial charge on any atom is 0.323 e. The van der Waals surface area contributed by atoms with Gasteiger partial charge in [0.2, 0.25) is 0 Å². The predicted molar refractivity (Wildman–Crippen MR) is 103 cm³/mol. The van der Waals surface area contributed by atoms with E-state index in [0.29, 0.717) is 11.1 Å². The topological polar surface area (TPSA) is 84.2 Å². The van der Waals surface area contributed by atoms with Crippen molar-refractivity contribution in [3.05, 3.63) is 89.8 Å². The van der Waals surface area contributed by atoms with Gasteiger partial charge in [0, 0.05) is 22.5 Å². The van der Waals surface area contributed by atoms with Gasteiger partial charge in [-0.2, -0.15) is 0 Å². The van der Waals surface area contributed by atoms with Crippen LogP contribution in [0, 0.1) is 11.6 Å². The number of benzene rings is 3. The Hall–Kier alpha value is -4.07. The lowest BCUT2D eigenvalue weighted by atomic mass is 10.0. The number of anilines is 2. The molecule has 0 atom stereocenters. The van der Waals surface area contributed by atoms with Crippen LogP contribution in [0.15, 0.2) is 71.5 Å². The summed E-state index contributed by atoms with van der Waals surface area (Å²) in [6.45, 7) is 0. The summed E-state index contributed by atoms with van der Waals surface area (Å²) >= 11 is 0. The molecule has 1 aromatic heterocycles. The molecular formula is C21H13F2N3O3. The number of oxazole rings is 1. The lowest BCUT2D eigenvalue weighted by Crippen LogP contribution is -2.20. The van der Waals surface area contributed by atoms with Crippen molar-refractivity contribution in [1.82, 2.24) is 4.98 Å². The van der Waals surface area contributed by atoms with Gasteiger partial charge in [-0.3, -0.25) is 4.79 Å². The first-order valence-corrected chi connectivity index (χ1v) is 8.50. The average molecular weight is 393 g/mol. The van der Waals surface area contributed by atoms with Gasteiger partial charge in [-0.25, -0.2) is 18.6 Å². The number of carbonyl (C=O) groups excluding carboxylic acids is 2. The SMILES string of the molecule is O=C(Nc1cccc(F)c1)Nc1cc(F)cc(C(=O)c2ccc3ncoc3c2)c1. The molecular weight excluding hydrogens is 380 g/mol. The number of nitrogens with one attached hydrogen (secondary N) is 2. The third-order valence-electron chi connectivity index (χ3n) is 4.09. The summed E-state index contributed by atoms with van der Waals surface area (Å²) < 4.78 is 32.4. The van der Waals surface area contributed by atoms with E-state index < -0.39 is 23.4 Å². The summed E-state index contributed by atoms with van der Waals surface area (Å²) in [6, 6.07) is 12.8.